The van der Waals surface area contributed by atoms with Crippen LogP contribution in [-0.2, 0) is 13.5 Å². The van der Waals surface area contributed by atoms with Gasteiger partial charge in [0, 0.05) is 29.3 Å². The molecule has 1 aromatic carbocycles. The summed E-state index contributed by atoms with van der Waals surface area (Å²) in [5, 5.41) is 8.47. The van der Waals surface area contributed by atoms with Crippen LogP contribution in [0, 0.1) is 13.8 Å². The van der Waals surface area contributed by atoms with Crippen LogP contribution in [0.2, 0.25) is 0 Å². The van der Waals surface area contributed by atoms with Gasteiger partial charge in [-0.2, -0.15) is 5.10 Å². The van der Waals surface area contributed by atoms with Gasteiger partial charge in [-0.05, 0) is 45.2 Å². The Morgan fingerprint density at radius 2 is 2.21 bits per heavy atom. The first-order chi connectivity index (χ1) is 11.5. The Kier molecular flexibility index (Phi) is 3.44. The summed E-state index contributed by atoms with van der Waals surface area (Å²) in [6.07, 6.45) is 4.87. The zero-order valence-corrected chi connectivity index (χ0v) is 14.2. The number of fused-ring (bicyclic) bond motifs is 2. The van der Waals surface area contributed by atoms with Crippen LogP contribution in [0.15, 0.2) is 28.8 Å². The van der Waals surface area contributed by atoms with E-state index in [0.717, 1.165) is 46.9 Å². The summed E-state index contributed by atoms with van der Waals surface area (Å²) in [7, 11) is 1.95. The zero-order chi connectivity index (χ0) is 16.8. The number of furan rings is 1. The van der Waals surface area contributed by atoms with Gasteiger partial charge in [0.25, 0.3) is 5.91 Å². The number of carbonyl (C=O) groups is 1. The van der Waals surface area contributed by atoms with Crippen molar-refractivity contribution < 1.29 is 9.21 Å². The number of aromatic nitrogens is 2. The van der Waals surface area contributed by atoms with Crippen LogP contribution in [0.1, 0.15) is 51.8 Å². The molecule has 4 rings (SSSR count). The van der Waals surface area contributed by atoms with Crippen molar-refractivity contribution in [3.8, 4) is 0 Å². The molecule has 0 saturated carbocycles. The number of nitrogens with one attached hydrogen (secondary N) is 1. The lowest BCUT2D eigenvalue weighted by Gasteiger charge is -2.23. The van der Waals surface area contributed by atoms with Crippen molar-refractivity contribution >= 4 is 16.9 Å². The number of amides is 1. The Balaban J connectivity index is 1.65. The molecule has 3 aromatic rings. The first-order valence-corrected chi connectivity index (χ1v) is 8.36. The fourth-order valence-corrected chi connectivity index (χ4v) is 3.63. The largest absolute Gasteiger partial charge is 0.451 e. The number of carbonyl (C=O) groups excluding carboxylic acids is 1. The van der Waals surface area contributed by atoms with Crippen LogP contribution >= 0.6 is 0 Å². The van der Waals surface area contributed by atoms with Crippen LogP contribution in [0.5, 0.6) is 0 Å². The van der Waals surface area contributed by atoms with Crippen LogP contribution < -0.4 is 5.32 Å². The van der Waals surface area contributed by atoms with Crippen molar-refractivity contribution in [2.45, 2.75) is 39.2 Å². The van der Waals surface area contributed by atoms with Gasteiger partial charge in [-0.15, -0.1) is 0 Å². The topological polar surface area (TPSA) is 60.1 Å². The molecule has 1 N–H and O–H groups in total. The van der Waals surface area contributed by atoms with Gasteiger partial charge in [0.15, 0.2) is 5.76 Å². The molecule has 5 heteroatoms. The van der Waals surface area contributed by atoms with Crippen LogP contribution in [0.25, 0.3) is 11.0 Å². The van der Waals surface area contributed by atoms with Crippen molar-refractivity contribution in [2.24, 2.45) is 7.05 Å². The first kappa shape index (κ1) is 15.0. The molecular weight excluding hydrogens is 302 g/mol. The Morgan fingerprint density at radius 3 is 3.04 bits per heavy atom. The summed E-state index contributed by atoms with van der Waals surface area (Å²) < 4.78 is 7.72. The molecule has 24 heavy (non-hydrogen) atoms. The molecule has 5 nitrogen and oxygen atoms in total. The third-order valence-corrected chi connectivity index (χ3v) is 4.98. The number of hydrogen-bond acceptors (Lipinski definition) is 3. The maximum Gasteiger partial charge on any atom is 0.287 e. The van der Waals surface area contributed by atoms with E-state index in [4.69, 9.17) is 4.42 Å². The summed E-state index contributed by atoms with van der Waals surface area (Å²) in [6.45, 7) is 3.98. The van der Waals surface area contributed by atoms with E-state index in [1.165, 1.54) is 5.69 Å². The molecule has 124 valence electrons. The number of aryl methyl sites for hydroxylation is 3. The van der Waals surface area contributed by atoms with Crippen molar-refractivity contribution in [3.63, 3.8) is 0 Å². The second-order valence-corrected chi connectivity index (χ2v) is 6.64. The standard InChI is InChI=1S/C19H21N3O2/c1-11-7-8-17-13(9-11)12(2)18(24-17)19(23)21-15-5-4-6-16-14(15)10-20-22(16)3/h7-10,15H,4-6H2,1-3H3,(H,21,23)/t15-/m1/s1. The molecular formula is C19H21N3O2. The Morgan fingerprint density at radius 1 is 1.38 bits per heavy atom. The van der Waals surface area contributed by atoms with Crippen LogP contribution in [-0.4, -0.2) is 15.7 Å². The van der Waals surface area contributed by atoms with Gasteiger partial charge in [0.05, 0.1) is 12.2 Å². The van der Waals surface area contributed by atoms with E-state index in [1.54, 1.807) is 0 Å². The minimum Gasteiger partial charge on any atom is -0.451 e. The summed E-state index contributed by atoms with van der Waals surface area (Å²) in [6, 6.07) is 5.99. The molecule has 0 spiro atoms. The monoisotopic (exact) mass is 323 g/mol. The summed E-state index contributed by atoms with van der Waals surface area (Å²) in [5.74, 6) is 0.259. The smallest absolute Gasteiger partial charge is 0.287 e. The Labute approximate surface area is 140 Å². The molecule has 2 heterocycles. The van der Waals surface area contributed by atoms with E-state index in [2.05, 4.69) is 16.5 Å². The van der Waals surface area contributed by atoms with E-state index >= 15 is 0 Å². The second kappa shape index (κ2) is 5.51. The third-order valence-electron chi connectivity index (χ3n) is 4.98. The zero-order valence-electron chi connectivity index (χ0n) is 14.2. The molecule has 1 atom stereocenters. The van der Waals surface area contributed by atoms with Gasteiger partial charge in [-0.25, -0.2) is 0 Å². The van der Waals surface area contributed by atoms with E-state index < -0.39 is 0 Å². The van der Waals surface area contributed by atoms with E-state index in [1.807, 2.05) is 43.9 Å². The second-order valence-electron chi connectivity index (χ2n) is 6.64. The molecule has 1 aliphatic rings. The number of benzene rings is 1. The lowest BCUT2D eigenvalue weighted by atomic mass is 9.93. The maximum absolute atomic E-state index is 12.8. The predicted octanol–water partition coefficient (Wildman–Crippen LogP) is 3.59. The molecule has 2 aromatic heterocycles. The fourth-order valence-electron chi connectivity index (χ4n) is 3.63. The van der Waals surface area contributed by atoms with E-state index in [9.17, 15) is 4.79 Å². The highest BCUT2D eigenvalue weighted by molar-refractivity contribution is 5.99. The fraction of sp³-hybridized carbons (Fsp3) is 0.368. The SMILES string of the molecule is Cc1ccc2oc(C(=O)N[C@@H]3CCCc4c3cnn4C)c(C)c2c1. The molecule has 1 amide bonds. The lowest BCUT2D eigenvalue weighted by molar-refractivity contribution is 0.0906. The van der Waals surface area contributed by atoms with Crippen molar-refractivity contribution in [2.75, 3.05) is 0 Å². The molecule has 0 fully saturated rings. The summed E-state index contributed by atoms with van der Waals surface area (Å²) in [5.41, 5.74) is 5.15. The van der Waals surface area contributed by atoms with Crippen molar-refractivity contribution in [3.05, 3.63) is 52.5 Å². The van der Waals surface area contributed by atoms with Gasteiger partial charge >= 0.3 is 0 Å². The van der Waals surface area contributed by atoms with Crippen molar-refractivity contribution in [1.29, 1.82) is 0 Å². The average molecular weight is 323 g/mol. The molecule has 0 bridgehead atoms. The highest BCUT2D eigenvalue weighted by Gasteiger charge is 2.27. The molecule has 0 aliphatic heterocycles. The van der Waals surface area contributed by atoms with E-state index in [-0.39, 0.29) is 11.9 Å². The van der Waals surface area contributed by atoms with Gasteiger partial charge < -0.3 is 9.73 Å². The molecule has 1 aliphatic carbocycles. The first-order valence-electron chi connectivity index (χ1n) is 8.36. The minimum atomic E-state index is -0.150. The quantitative estimate of drug-likeness (QED) is 0.784. The van der Waals surface area contributed by atoms with Gasteiger partial charge in [0.2, 0.25) is 0 Å². The maximum atomic E-state index is 12.8. The van der Waals surface area contributed by atoms with E-state index in [0.29, 0.717) is 5.76 Å². The van der Waals surface area contributed by atoms with Gasteiger partial charge in [0.1, 0.15) is 5.58 Å². The third kappa shape index (κ3) is 2.31. The highest BCUT2D eigenvalue weighted by atomic mass is 16.3. The van der Waals surface area contributed by atoms with Gasteiger partial charge in [-0.3, -0.25) is 9.48 Å². The minimum absolute atomic E-state index is 0.00398. The average Bonchev–Trinajstić information content (AvgIpc) is 3.10. The molecule has 0 radical (unpaired) electrons. The normalized spacial score (nSPS) is 17.0. The Hall–Kier alpha value is -2.56. The number of nitrogens with zero attached hydrogens (tertiary/aromatic N) is 2. The number of hydrogen-bond donors (Lipinski definition) is 1. The van der Waals surface area contributed by atoms with Gasteiger partial charge in [-0.1, -0.05) is 11.6 Å². The molecule has 0 unspecified atom stereocenters. The molecule has 0 saturated heterocycles. The van der Waals surface area contributed by atoms with Crippen molar-refractivity contribution in [1.82, 2.24) is 15.1 Å². The predicted molar refractivity (Wildman–Crippen MR) is 92.0 cm³/mol. The summed E-state index contributed by atoms with van der Waals surface area (Å²) >= 11 is 0. The summed E-state index contributed by atoms with van der Waals surface area (Å²) in [4.78, 5) is 12.8. The number of rotatable bonds is 2. The highest BCUT2D eigenvalue weighted by Crippen LogP contribution is 2.31. The van der Waals surface area contributed by atoms with Crippen LogP contribution in [0.4, 0.5) is 0 Å². The van der Waals surface area contributed by atoms with Crippen LogP contribution in [0.3, 0.4) is 0 Å². The Bertz CT molecular complexity index is 936. The lowest BCUT2D eigenvalue weighted by Crippen LogP contribution is -2.31.